The highest BCUT2D eigenvalue weighted by Crippen LogP contribution is 2.71. The normalized spacial score (nSPS) is 41.1. The number of benzene rings is 1. The fraction of sp³-hybridized carbons (Fsp3) is 0.556. The lowest BCUT2D eigenvalue weighted by atomic mass is 9.59. The Morgan fingerprint density at radius 2 is 2.00 bits per heavy atom. The van der Waals surface area contributed by atoms with Crippen molar-refractivity contribution < 1.29 is 34.0 Å². The molecule has 8 atom stereocenters. The van der Waals surface area contributed by atoms with Crippen molar-refractivity contribution in [1.29, 1.82) is 0 Å². The number of halogens is 1. The summed E-state index contributed by atoms with van der Waals surface area (Å²) in [6, 6.07) is 3.79. The van der Waals surface area contributed by atoms with Gasteiger partial charge in [-0.1, -0.05) is 39.0 Å². The minimum atomic E-state index is -2.28. The summed E-state index contributed by atoms with van der Waals surface area (Å²) in [4.78, 5) is 27.4. The van der Waals surface area contributed by atoms with Gasteiger partial charge in [0.15, 0.2) is 17.5 Å². The summed E-state index contributed by atoms with van der Waals surface area (Å²) < 4.78 is 20.1. The van der Waals surface area contributed by atoms with Crippen LogP contribution in [-0.4, -0.2) is 51.5 Å². The Labute approximate surface area is 203 Å². The van der Waals surface area contributed by atoms with Gasteiger partial charge in [0.05, 0.1) is 12.0 Å². The highest BCUT2D eigenvalue weighted by Gasteiger charge is 2.76. The molecule has 0 aliphatic heterocycles. The first-order valence-corrected chi connectivity index (χ1v) is 12.0. The molecular formula is C27H32FNO6. The molecule has 188 valence electrons. The lowest BCUT2D eigenvalue weighted by Crippen LogP contribution is -2.65. The highest BCUT2D eigenvalue weighted by molar-refractivity contribution is 5.97. The van der Waals surface area contributed by atoms with Crippen LogP contribution < -0.4 is 5.73 Å². The van der Waals surface area contributed by atoms with Gasteiger partial charge in [0.1, 0.15) is 17.5 Å². The second kappa shape index (κ2) is 7.48. The molecule has 2 saturated carbocycles. The van der Waals surface area contributed by atoms with E-state index in [0.717, 1.165) is 6.07 Å². The van der Waals surface area contributed by atoms with E-state index in [1.54, 1.807) is 19.1 Å². The lowest BCUT2D eigenvalue weighted by Gasteiger charge is -2.48. The summed E-state index contributed by atoms with van der Waals surface area (Å²) in [6.07, 6.45) is 0.734. The van der Waals surface area contributed by atoms with E-state index in [2.05, 4.69) is 13.8 Å². The minimum absolute atomic E-state index is 0.0152. The van der Waals surface area contributed by atoms with E-state index in [1.165, 1.54) is 12.1 Å². The molecule has 0 radical (unpaired) electrons. The van der Waals surface area contributed by atoms with Crippen molar-refractivity contribution in [3.8, 4) is 0 Å². The van der Waals surface area contributed by atoms with Crippen LogP contribution in [0.1, 0.15) is 44.5 Å². The summed E-state index contributed by atoms with van der Waals surface area (Å²) in [7, 11) is 0. The number of rotatable bonds is 3. The monoisotopic (exact) mass is 485 g/mol. The number of esters is 1. The number of carbonyl (C=O) groups is 2. The molecule has 0 unspecified atom stereocenters. The number of ether oxygens (including phenoxy) is 1. The van der Waals surface area contributed by atoms with E-state index in [9.17, 15) is 29.3 Å². The lowest BCUT2D eigenvalue weighted by molar-refractivity contribution is -0.190. The standard InChI is InChI=1S/C27H32FNO6/c1-12-10-26-13(2)8-16-20(25(16,3)4)15(22(26)32)9-14(11-30)21(31)27(26,34)23(12)35-24(33)19-17(28)6-5-7-18(19)29/h5-7,9-10,13,15-16,20-21,23,30-31,34H,8,11,29H2,1-4H3/t13-,15+,16-,20+,21-,23+,26-,27+/m1/s1. The van der Waals surface area contributed by atoms with Gasteiger partial charge >= 0.3 is 5.97 Å². The summed E-state index contributed by atoms with van der Waals surface area (Å²) in [5.41, 5.74) is 1.77. The Hall–Kier alpha value is -2.55. The van der Waals surface area contributed by atoms with E-state index in [-0.39, 0.29) is 34.3 Å². The molecule has 2 bridgehead atoms. The summed E-state index contributed by atoms with van der Waals surface area (Å²) in [6.45, 7) is 7.13. The van der Waals surface area contributed by atoms with Gasteiger partial charge in [-0.05, 0) is 59.8 Å². The van der Waals surface area contributed by atoms with Gasteiger partial charge in [-0.25, -0.2) is 9.18 Å². The van der Waals surface area contributed by atoms with Crippen LogP contribution >= 0.6 is 0 Å². The number of aliphatic hydroxyl groups is 3. The number of fused-ring (bicyclic) bond motifs is 3. The Morgan fingerprint density at radius 1 is 1.31 bits per heavy atom. The van der Waals surface area contributed by atoms with Crippen molar-refractivity contribution in [2.75, 3.05) is 12.3 Å². The van der Waals surface area contributed by atoms with Crippen LogP contribution in [0.15, 0.2) is 41.5 Å². The predicted octanol–water partition coefficient (Wildman–Crippen LogP) is 2.40. The fourth-order valence-corrected chi connectivity index (χ4v) is 7.52. The van der Waals surface area contributed by atoms with Gasteiger partial charge in [0.25, 0.3) is 0 Å². The number of anilines is 1. The topological polar surface area (TPSA) is 130 Å². The van der Waals surface area contributed by atoms with Crippen molar-refractivity contribution in [2.45, 2.75) is 51.9 Å². The van der Waals surface area contributed by atoms with E-state index >= 15 is 0 Å². The number of hydrogen-bond donors (Lipinski definition) is 4. The first-order chi connectivity index (χ1) is 16.3. The molecule has 5 N–H and O–H groups in total. The maximum absolute atomic E-state index is 14.5. The Morgan fingerprint density at radius 3 is 2.63 bits per heavy atom. The number of aliphatic hydroxyl groups excluding tert-OH is 2. The number of nitrogens with two attached hydrogens (primary N) is 1. The molecule has 0 saturated heterocycles. The van der Waals surface area contributed by atoms with Crippen LogP contribution in [0, 0.1) is 40.3 Å². The van der Waals surface area contributed by atoms with E-state index in [4.69, 9.17) is 10.5 Å². The summed E-state index contributed by atoms with van der Waals surface area (Å²) >= 11 is 0. The smallest absolute Gasteiger partial charge is 0.343 e. The van der Waals surface area contributed by atoms with Gasteiger partial charge in [0, 0.05) is 11.6 Å². The number of ketones is 1. The van der Waals surface area contributed by atoms with Crippen LogP contribution in [-0.2, 0) is 9.53 Å². The average Bonchev–Trinajstić information content (AvgIpc) is 3.27. The molecule has 4 aliphatic carbocycles. The van der Waals surface area contributed by atoms with Gasteiger partial charge in [-0.2, -0.15) is 0 Å². The molecule has 0 amide bonds. The summed E-state index contributed by atoms with van der Waals surface area (Å²) in [5, 5.41) is 34.0. The molecular weight excluding hydrogens is 453 g/mol. The van der Waals surface area contributed by atoms with Gasteiger partial charge in [0.2, 0.25) is 0 Å². The number of Topliss-reactive ketones (excluding diaryl/α,β-unsaturated/α-hetero) is 1. The molecule has 35 heavy (non-hydrogen) atoms. The Balaban J connectivity index is 1.65. The van der Waals surface area contributed by atoms with Crippen molar-refractivity contribution in [3.05, 3.63) is 52.9 Å². The number of allylic oxidation sites excluding steroid dienone is 1. The average molecular weight is 486 g/mol. The van der Waals surface area contributed by atoms with Gasteiger partial charge in [-0.3, -0.25) is 4.79 Å². The number of nitrogen functional groups attached to an aromatic ring is 1. The third-order valence-corrected chi connectivity index (χ3v) is 9.37. The Bertz CT molecular complexity index is 1170. The molecule has 0 aromatic heterocycles. The molecule has 2 fully saturated rings. The number of hydrogen-bond acceptors (Lipinski definition) is 7. The van der Waals surface area contributed by atoms with Crippen molar-refractivity contribution in [1.82, 2.24) is 0 Å². The van der Waals surface area contributed by atoms with E-state index in [1.807, 2.05) is 6.92 Å². The predicted molar refractivity (Wildman–Crippen MR) is 125 cm³/mol. The quantitative estimate of drug-likeness (QED) is 0.294. The van der Waals surface area contributed by atoms with E-state index in [0.29, 0.717) is 12.0 Å². The molecule has 1 aromatic rings. The maximum Gasteiger partial charge on any atom is 0.343 e. The molecule has 1 spiro atoms. The molecule has 4 aliphatic rings. The highest BCUT2D eigenvalue weighted by atomic mass is 19.1. The SMILES string of the molecule is CC1=C[C@@]23C(=O)[C@@H](C=C(CO)[C@@H](O)[C@]2(O)[C@H]1OC(=O)c1c(N)cccc1F)[C@H]1[C@@H](C[C@H]3C)C1(C)C. The third kappa shape index (κ3) is 2.87. The molecule has 0 heterocycles. The van der Waals surface area contributed by atoms with Crippen LogP contribution in [0.2, 0.25) is 0 Å². The Kier molecular flexibility index (Phi) is 5.16. The molecule has 7 nitrogen and oxygen atoms in total. The van der Waals surface area contributed by atoms with E-state index < -0.39 is 59.0 Å². The van der Waals surface area contributed by atoms with Crippen LogP contribution in [0.25, 0.3) is 0 Å². The minimum Gasteiger partial charge on any atom is -0.451 e. The number of carbonyl (C=O) groups excluding carboxylic acids is 2. The molecule has 5 rings (SSSR count). The molecule has 8 heteroatoms. The second-order valence-corrected chi connectivity index (χ2v) is 11.4. The fourth-order valence-electron chi connectivity index (χ4n) is 7.52. The largest absolute Gasteiger partial charge is 0.451 e. The van der Waals surface area contributed by atoms with Crippen molar-refractivity contribution in [3.63, 3.8) is 0 Å². The zero-order chi connectivity index (χ0) is 25.7. The first kappa shape index (κ1) is 24.2. The zero-order valence-corrected chi connectivity index (χ0v) is 20.3. The van der Waals surface area contributed by atoms with Gasteiger partial charge < -0.3 is 25.8 Å². The van der Waals surface area contributed by atoms with Crippen molar-refractivity contribution >= 4 is 17.4 Å². The van der Waals surface area contributed by atoms with Crippen LogP contribution in [0.4, 0.5) is 10.1 Å². The third-order valence-electron chi connectivity index (χ3n) is 9.37. The van der Waals surface area contributed by atoms with Crippen LogP contribution in [0.3, 0.4) is 0 Å². The van der Waals surface area contributed by atoms with Crippen LogP contribution in [0.5, 0.6) is 0 Å². The maximum atomic E-state index is 14.5. The van der Waals surface area contributed by atoms with Crippen molar-refractivity contribution in [2.24, 2.45) is 34.5 Å². The molecule has 1 aromatic carbocycles. The first-order valence-electron chi connectivity index (χ1n) is 12.0. The van der Waals surface area contributed by atoms with Gasteiger partial charge in [-0.15, -0.1) is 0 Å². The second-order valence-electron chi connectivity index (χ2n) is 11.4. The summed E-state index contributed by atoms with van der Waals surface area (Å²) in [5.74, 6) is -2.99. The zero-order valence-electron chi connectivity index (χ0n) is 20.3.